The van der Waals surface area contributed by atoms with Crippen LogP contribution in [0.1, 0.15) is 47.0 Å². The van der Waals surface area contributed by atoms with E-state index in [-0.39, 0.29) is 17.9 Å². The van der Waals surface area contributed by atoms with Crippen molar-refractivity contribution in [2.75, 3.05) is 6.54 Å². The maximum absolute atomic E-state index is 12.8. The van der Waals surface area contributed by atoms with Gasteiger partial charge in [0.1, 0.15) is 5.54 Å². The first-order valence-corrected chi connectivity index (χ1v) is 7.21. The smallest absolute Gasteiger partial charge is 0.248 e. The first-order chi connectivity index (χ1) is 8.90. The first-order valence-electron chi connectivity index (χ1n) is 6.78. The SMILES string of the molecule is CCC1(CC)NC(=O)CC(C)N(CC(C)=CCl)C1=O. The van der Waals surface area contributed by atoms with Gasteiger partial charge in [0.05, 0.1) is 0 Å². The molecule has 1 fully saturated rings. The molecular formula is C14H23ClN2O2. The Hall–Kier alpha value is -1.03. The van der Waals surface area contributed by atoms with Gasteiger partial charge in [-0.25, -0.2) is 0 Å². The maximum atomic E-state index is 12.8. The van der Waals surface area contributed by atoms with E-state index < -0.39 is 5.54 Å². The van der Waals surface area contributed by atoms with Crippen LogP contribution in [-0.2, 0) is 9.59 Å². The highest BCUT2D eigenvalue weighted by Crippen LogP contribution is 2.25. The summed E-state index contributed by atoms with van der Waals surface area (Å²) in [4.78, 5) is 26.5. The Morgan fingerprint density at radius 3 is 2.53 bits per heavy atom. The van der Waals surface area contributed by atoms with Gasteiger partial charge in [0, 0.05) is 24.5 Å². The van der Waals surface area contributed by atoms with Gasteiger partial charge in [0.15, 0.2) is 0 Å². The highest BCUT2D eigenvalue weighted by Gasteiger charge is 2.43. The monoisotopic (exact) mass is 286 g/mol. The Morgan fingerprint density at radius 2 is 2.05 bits per heavy atom. The van der Waals surface area contributed by atoms with Gasteiger partial charge in [0.25, 0.3) is 0 Å². The second-order valence-electron chi connectivity index (χ2n) is 5.28. The summed E-state index contributed by atoms with van der Waals surface area (Å²) in [6.07, 6.45) is 1.53. The summed E-state index contributed by atoms with van der Waals surface area (Å²) in [5, 5.41) is 2.91. The zero-order chi connectivity index (χ0) is 14.6. The number of carbonyl (C=O) groups excluding carboxylic acids is 2. The fourth-order valence-electron chi connectivity index (χ4n) is 2.48. The minimum absolute atomic E-state index is 0.00582. The molecular weight excluding hydrogens is 264 g/mol. The van der Waals surface area contributed by atoms with Crippen molar-refractivity contribution in [3.63, 3.8) is 0 Å². The number of amides is 2. The minimum Gasteiger partial charge on any atom is -0.342 e. The number of hydrogen-bond donors (Lipinski definition) is 1. The van der Waals surface area contributed by atoms with Crippen LogP contribution in [-0.4, -0.2) is 34.8 Å². The highest BCUT2D eigenvalue weighted by atomic mass is 35.5. The highest BCUT2D eigenvalue weighted by molar-refractivity contribution is 6.25. The van der Waals surface area contributed by atoms with Gasteiger partial charge in [-0.1, -0.05) is 25.4 Å². The lowest BCUT2D eigenvalue weighted by Gasteiger charge is -2.35. The molecule has 1 unspecified atom stereocenters. The predicted molar refractivity (Wildman–Crippen MR) is 76.9 cm³/mol. The molecule has 19 heavy (non-hydrogen) atoms. The van der Waals surface area contributed by atoms with E-state index in [2.05, 4.69) is 5.32 Å². The number of halogens is 1. The molecule has 0 radical (unpaired) electrons. The molecule has 2 amide bonds. The summed E-state index contributed by atoms with van der Waals surface area (Å²) >= 11 is 5.69. The molecule has 1 aliphatic heterocycles. The average molecular weight is 287 g/mol. The molecule has 5 heteroatoms. The molecule has 1 aliphatic rings. The quantitative estimate of drug-likeness (QED) is 0.863. The van der Waals surface area contributed by atoms with Crippen LogP contribution in [0.2, 0.25) is 0 Å². The Morgan fingerprint density at radius 1 is 1.47 bits per heavy atom. The summed E-state index contributed by atoms with van der Waals surface area (Å²) in [5.41, 5.74) is 1.63. The van der Waals surface area contributed by atoms with Gasteiger partial charge in [-0.05, 0) is 32.3 Å². The fourth-order valence-corrected chi connectivity index (χ4v) is 2.55. The number of hydrogen-bond acceptors (Lipinski definition) is 2. The first kappa shape index (κ1) is 16.0. The van der Waals surface area contributed by atoms with Gasteiger partial charge in [0.2, 0.25) is 11.8 Å². The number of carbonyl (C=O) groups is 2. The van der Waals surface area contributed by atoms with E-state index in [4.69, 9.17) is 11.6 Å². The van der Waals surface area contributed by atoms with Crippen LogP contribution in [0.3, 0.4) is 0 Å². The third-order valence-corrected chi connectivity index (χ3v) is 4.25. The van der Waals surface area contributed by atoms with Crippen molar-refractivity contribution in [3.05, 3.63) is 11.1 Å². The molecule has 0 saturated carbocycles. The zero-order valence-corrected chi connectivity index (χ0v) is 12.9. The number of rotatable bonds is 4. The fraction of sp³-hybridized carbons (Fsp3) is 0.714. The number of nitrogens with zero attached hydrogens (tertiary/aromatic N) is 1. The molecule has 1 heterocycles. The number of nitrogens with one attached hydrogen (secondary N) is 1. The van der Waals surface area contributed by atoms with Crippen LogP contribution >= 0.6 is 11.6 Å². The molecule has 1 rings (SSSR count). The second kappa shape index (κ2) is 6.42. The molecule has 0 aromatic heterocycles. The molecule has 0 aromatic rings. The van der Waals surface area contributed by atoms with E-state index in [1.165, 1.54) is 5.54 Å². The minimum atomic E-state index is -0.769. The predicted octanol–water partition coefficient (Wildman–Crippen LogP) is 2.42. The van der Waals surface area contributed by atoms with Crippen molar-refractivity contribution in [1.82, 2.24) is 10.2 Å². The van der Waals surface area contributed by atoms with Crippen molar-refractivity contribution in [2.45, 2.75) is 58.5 Å². The van der Waals surface area contributed by atoms with Gasteiger partial charge in [-0.15, -0.1) is 0 Å². The van der Waals surface area contributed by atoms with Crippen LogP contribution in [0.4, 0.5) is 0 Å². The Bertz CT molecular complexity index is 389. The van der Waals surface area contributed by atoms with Crippen molar-refractivity contribution < 1.29 is 9.59 Å². The van der Waals surface area contributed by atoms with E-state index in [1.54, 1.807) is 4.90 Å². The zero-order valence-electron chi connectivity index (χ0n) is 12.1. The normalized spacial score (nSPS) is 24.2. The standard InChI is InChI=1S/C14H23ClN2O2/c1-5-14(6-2)13(19)17(9-10(3)8-15)11(4)7-12(18)16-14/h8,11H,5-7,9H2,1-4H3,(H,16,18). The van der Waals surface area contributed by atoms with Crippen molar-refractivity contribution in [2.24, 2.45) is 0 Å². The third kappa shape index (κ3) is 3.30. The van der Waals surface area contributed by atoms with Crippen LogP contribution in [0.5, 0.6) is 0 Å². The van der Waals surface area contributed by atoms with Gasteiger partial charge in [-0.2, -0.15) is 0 Å². The van der Waals surface area contributed by atoms with Crippen LogP contribution in [0.15, 0.2) is 11.1 Å². The van der Waals surface area contributed by atoms with Crippen molar-refractivity contribution in [3.8, 4) is 0 Å². The van der Waals surface area contributed by atoms with Crippen molar-refractivity contribution >= 4 is 23.4 Å². The summed E-state index contributed by atoms with van der Waals surface area (Å²) in [6.45, 7) is 8.12. The van der Waals surface area contributed by atoms with Crippen LogP contribution in [0, 0.1) is 0 Å². The molecule has 0 aromatic carbocycles. The molecule has 0 bridgehead atoms. The van der Waals surface area contributed by atoms with E-state index in [0.29, 0.717) is 25.8 Å². The maximum Gasteiger partial charge on any atom is 0.248 e. The van der Waals surface area contributed by atoms with Gasteiger partial charge >= 0.3 is 0 Å². The summed E-state index contributed by atoms with van der Waals surface area (Å²) in [6, 6.07) is -0.112. The second-order valence-corrected chi connectivity index (χ2v) is 5.50. The lowest BCUT2D eigenvalue weighted by atomic mass is 9.91. The topological polar surface area (TPSA) is 49.4 Å². The van der Waals surface area contributed by atoms with E-state index in [1.807, 2.05) is 27.7 Å². The molecule has 4 nitrogen and oxygen atoms in total. The average Bonchev–Trinajstić information content (AvgIpc) is 2.48. The lowest BCUT2D eigenvalue weighted by Crippen LogP contribution is -2.57. The Kier molecular flexibility index (Phi) is 5.41. The van der Waals surface area contributed by atoms with Crippen LogP contribution in [0.25, 0.3) is 0 Å². The van der Waals surface area contributed by atoms with Gasteiger partial charge in [-0.3, -0.25) is 9.59 Å². The third-order valence-electron chi connectivity index (χ3n) is 3.87. The summed E-state index contributed by atoms with van der Waals surface area (Å²) < 4.78 is 0. The molecule has 1 saturated heterocycles. The van der Waals surface area contributed by atoms with Gasteiger partial charge < -0.3 is 10.2 Å². The Balaban J connectivity index is 3.13. The molecule has 108 valence electrons. The van der Waals surface area contributed by atoms with E-state index in [0.717, 1.165) is 5.57 Å². The molecule has 0 aliphatic carbocycles. The largest absolute Gasteiger partial charge is 0.342 e. The molecule has 0 spiro atoms. The molecule has 1 N–H and O–H groups in total. The summed E-state index contributed by atoms with van der Waals surface area (Å²) in [5.74, 6) is -0.0618. The summed E-state index contributed by atoms with van der Waals surface area (Å²) in [7, 11) is 0. The molecule has 1 atom stereocenters. The van der Waals surface area contributed by atoms with Crippen molar-refractivity contribution in [1.29, 1.82) is 0 Å². The lowest BCUT2D eigenvalue weighted by molar-refractivity contribution is -0.140. The van der Waals surface area contributed by atoms with E-state index in [9.17, 15) is 9.59 Å². The van der Waals surface area contributed by atoms with E-state index >= 15 is 0 Å². The van der Waals surface area contributed by atoms with Crippen LogP contribution < -0.4 is 5.32 Å². The Labute approximate surface area is 120 Å².